The summed E-state index contributed by atoms with van der Waals surface area (Å²) in [5.74, 6) is 0.144. The lowest BCUT2D eigenvalue weighted by molar-refractivity contribution is -0.385. The molecule has 30 heavy (non-hydrogen) atoms. The molecule has 0 unspecified atom stereocenters. The van der Waals surface area contributed by atoms with Crippen molar-refractivity contribution in [3.05, 3.63) is 62.9 Å². The fourth-order valence-electron chi connectivity index (χ4n) is 3.63. The molecule has 0 fully saturated rings. The van der Waals surface area contributed by atoms with Crippen LogP contribution < -0.4 is 4.83 Å². The highest BCUT2D eigenvalue weighted by Gasteiger charge is 2.27. The number of aryl methyl sites for hydroxylation is 3. The van der Waals surface area contributed by atoms with E-state index in [1.165, 1.54) is 18.2 Å². The number of hydrogen-bond acceptors (Lipinski definition) is 7. The van der Waals surface area contributed by atoms with Gasteiger partial charge in [-0.3, -0.25) is 10.1 Å². The molecule has 156 valence electrons. The number of furan rings is 1. The van der Waals surface area contributed by atoms with E-state index in [0.29, 0.717) is 18.2 Å². The highest BCUT2D eigenvalue weighted by atomic mass is 32.2. The second kappa shape index (κ2) is 7.45. The molecule has 1 aliphatic rings. The van der Waals surface area contributed by atoms with E-state index in [-0.39, 0.29) is 16.0 Å². The van der Waals surface area contributed by atoms with Crippen LogP contribution in [0.15, 0.2) is 44.7 Å². The maximum Gasteiger partial charge on any atom is 0.315 e. The van der Waals surface area contributed by atoms with Crippen LogP contribution in [0.3, 0.4) is 0 Å². The minimum absolute atomic E-state index is 0.0272. The number of rotatable bonds is 5. The van der Waals surface area contributed by atoms with E-state index in [0.717, 1.165) is 35.9 Å². The minimum atomic E-state index is -3.93. The third-order valence-corrected chi connectivity index (χ3v) is 6.37. The average Bonchev–Trinajstić information content (AvgIpc) is 3.08. The second-order valence-electron chi connectivity index (χ2n) is 7.17. The van der Waals surface area contributed by atoms with Crippen LogP contribution in [0.5, 0.6) is 5.75 Å². The zero-order chi connectivity index (χ0) is 21.5. The summed E-state index contributed by atoms with van der Waals surface area (Å²) in [7, 11) is -3.93. The Balaban J connectivity index is 1.77. The number of nitro benzene ring substituents is 1. The van der Waals surface area contributed by atoms with Crippen LogP contribution in [-0.2, 0) is 22.9 Å². The Morgan fingerprint density at radius 3 is 2.63 bits per heavy atom. The number of benzene rings is 2. The molecule has 0 amide bonds. The van der Waals surface area contributed by atoms with Crippen LogP contribution in [0.25, 0.3) is 11.0 Å². The Morgan fingerprint density at radius 2 is 1.93 bits per heavy atom. The van der Waals surface area contributed by atoms with E-state index < -0.39 is 26.4 Å². The van der Waals surface area contributed by atoms with Crippen molar-refractivity contribution in [3.63, 3.8) is 0 Å². The van der Waals surface area contributed by atoms with Gasteiger partial charge in [-0.25, -0.2) is 4.83 Å². The third kappa shape index (κ3) is 3.50. The van der Waals surface area contributed by atoms with Crippen molar-refractivity contribution < 1.29 is 22.9 Å². The summed E-state index contributed by atoms with van der Waals surface area (Å²) < 4.78 is 30.6. The molecule has 0 bridgehead atoms. The standard InChI is InChI=1S/C20H19N3O6S/c1-12-6-8-13(9-7-12)30(27,28)22-21-11-15-19-14-4-2-3-5-17(14)29-18(19)10-16(20(15)24)23(25)26/h6-11,22,24H,2-5H2,1H3/b21-11+. The number of hydrazone groups is 1. The smallest absolute Gasteiger partial charge is 0.315 e. The van der Waals surface area contributed by atoms with Crippen LogP contribution >= 0.6 is 0 Å². The van der Waals surface area contributed by atoms with Crippen LogP contribution in [0.1, 0.15) is 35.3 Å². The van der Waals surface area contributed by atoms with Crippen molar-refractivity contribution in [3.8, 4) is 5.75 Å². The number of aromatic hydroxyl groups is 1. The topological polar surface area (TPSA) is 135 Å². The van der Waals surface area contributed by atoms with Gasteiger partial charge in [0.1, 0.15) is 11.3 Å². The Bertz CT molecular complexity index is 1280. The quantitative estimate of drug-likeness (QED) is 0.362. The predicted molar refractivity (Wildman–Crippen MR) is 110 cm³/mol. The molecule has 1 aliphatic carbocycles. The molecule has 0 saturated carbocycles. The molecule has 0 saturated heterocycles. The summed E-state index contributed by atoms with van der Waals surface area (Å²) in [6.45, 7) is 1.84. The highest BCUT2D eigenvalue weighted by Crippen LogP contribution is 2.41. The van der Waals surface area contributed by atoms with Gasteiger partial charge in [-0.1, -0.05) is 17.7 Å². The first-order valence-corrected chi connectivity index (χ1v) is 10.8. The molecule has 1 heterocycles. The van der Waals surface area contributed by atoms with Gasteiger partial charge in [0.25, 0.3) is 10.0 Å². The lowest BCUT2D eigenvalue weighted by Gasteiger charge is -2.10. The zero-order valence-electron chi connectivity index (χ0n) is 16.1. The fourth-order valence-corrected chi connectivity index (χ4v) is 4.42. The molecule has 2 aromatic carbocycles. The normalized spacial score (nSPS) is 14.2. The predicted octanol–water partition coefficient (Wildman–Crippen LogP) is 3.55. The van der Waals surface area contributed by atoms with E-state index in [4.69, 9.17) is 4.42 Å². The largest absolute Gasteiger partial charge is 0.502 e. The third-order valence-electron chi connectivity index (χ3n) is 5.13. The number of nitro groups is 1. The maximum absolute atomic E-state index is 12.4. The molecule has 3 aromatic rings. The van der Waals surface area contributed by atoms with Gasteiger partial charge in [0.15, 0.2) is 0 Å². The molecule has 4 rings (SSSR count). The van der Waals surface area contributed by atoms with Gasteiger partial charge in [-0.15, -0.1) is 0 Å². The Labute approximate surface area is 172 Å². The number of phenols is 1. The summed E-state index contributed by atoms with van der Waals surface area (Å²) >= 11 is 0. The van der Waals surface area contributed by atoms with Gasteiger partial charge in [-0.2, -0.15) is 13.5 Å². The minimum Gasteiger partial charge on any atom is -0.502 e. The molecular formula is C20H19N3O6S. The first-order chi connectivity index (χ1) is 14.3. The van der Waals surface area contributed by atoms with Crippen molar-refractivity contribution in [1.29, 1.82) is 0 Å². The number of hydrogen-bond donors (Lipinski definition) is 2. The van der Waals surface area contributed by atoms with Gasteiger partial charge in [0, 0.05) is 17.4 Å². The maximum atomic E-state index is 12.4. The number of fused-ring (bicyclic) bond motifs is 3. The molecule has 0 aliphatic heterocycles. The van der Waals surface area contributed by atoms with Crippen LogP contribution in [0, 0.1) is 17.0 Å². The lowest BCUT2D eigenvalue weighted by Crippen LogP contribution is -2.18. The molecule has 0 spiro atoms. The molecule has 0 atom stereocenters. The van der Waals surface area contributed by atoms with E-state index in [9.17, 15) is 23.6 Å². The van der Waals surface area contributed by atoms with Crippen LogP contribution in [0.2, 0.25) is 0 Å². The van der Waals surface area contributed by atoms with Gasteiger partial charge in [0.2, 0.25) is 5.75 Å². The summed E-state index contributed by atoms with van der Waals surface area (Å²) in [5.41, 5.74) is 1.57. The second-order valence-corrected chi connectivity index (χ2v) is 8.83. The number of sulfonamides is 1. The van der Waals surface area contributed by atoms with Gasteiger partial charge < -0.3 is 9.52 Å². The van der Waals surface area contributed by atoms with Crippen LogP contribution in [-0.4, -0.2) is 24.7 Å². The average molecular weight is 429 g/mol. The number of phenolic OH excluding ortho intramolecular Hbond substituents is 1. The van der Waals surface area contributed by atoms with E-state index in [2.05, 4.69) is 9.93 Å². The SMILES string of the molecule is Cc1ccc(S(=O)(=O)N/N=C/c2c(O)c([N+](=O)[O-])cc3oc4c(c23)CCCC4)cc1. The molecule has 2 N–H and O–H groups in total. The lowest BCUT2D eigenvalue weighted by atomic mass is 9.93. The Hall–Kier alpha value is -3.40. The first-order valence-electron chi connectivity index (χ1n) is 9.34. The Morgan fingerprint density at radius 1 is 1.23 bits per heavy atom. The summed E-state index contributed by atoms with van der Waals surface area (Å²) in [6, 6.07) is 7.40. The van der Waals surface area contributed by atoms with Crippen molar-refractivity contribution in [1.82, 2.24) is 4.83 Å². The van der Waals surface area contributed by atoms with Crippen LogP contribution in [0.4, 0.5) is 5.69 Å². The first kappa shape index (κ1) is 19.9. The zero-order valence-corrected chi connectivity index (χ0v) is 16.9. The van der Waals surface area contributed by atoms with E-state index >= 15 is 0 Å². The van der Waals surface area contributed by atoms with Gasteiger partial charge in [0.05, 0.1) is 27.7 Å². The number of nitrogens with zero attached hydrogens (tertiary/aromatic N) is 2. The van der Waals surface area contributed by atoms with Crippen molar-refractivity contribution in [2.24, 2.45) is 5.10 Å². The number of nitrogens with one attached hydrogen (secondary N) is 1. The fraction of sp³-hybridized carbons (Fsp3) is 0.250. The van der Waals surface area contributed by atoms with Crippen molar-refractivity contribution in [2.45, 2.75) is 37.5 Å². The van der Waals surface area contributed by atoms with E-state index in [1.807, 2.05) is 6.92 Å². The molecule has 9 nitrogen and oxygen atoms in total. The molecule has 0 radical (unpaired) electrons. The van der Waals surface area contributed by atoms with E-state index in [1.54, 1.807) is 12.1 Å². The summed E-state index contributed by atoms with van der Waals surface area (Å²) in [6.07, 6.45) is 4.36. The van der Waals surface area contributed by atoms with Crippen molar-refractivity contribution in [2.75, 3.05) is 0 Å². The molecular weight excluding hydrogens is 410 g/mol. The summed E-state index contributed by atoms with van der Waals surface area (Å²) in [4.78, 5) is 12.7. The van der Waals surface area contributed by atoms with Crippen molar-refractivity contribution >= 4 is 32.9 Å². The van der Waals surface area contributed by atoms with Gasteiger partial charge >= 0.3 is 5.69 Å². The molecule has 1 aromatic heterocycles. The monoisotopic (exact) mass is 429 g/mol. The van der Waals surface area contributed by atoms with Gasteiger partial charge in [-0.05, 0) is 38.3 Å². The summed E-state index contributed by atoms with van der Waals surface area (Å²) in [5, 5.41) is 26.1. The highest BCUT2D eigenvalue weighted by molar-refractivity contribution is 7.89. The molecule has 10 heteroatoms. The Kier molecular flexibility index (Phi) is 4.94.